The van der Waals surface area contributed by atoms with Crippen LogP contribution in [0.4, 0.5) is 11.5 Å². The van der Waals surface area contributed by atoms with Crippen molar-refractivity contribution in [3.05, 3.63) is 48.2 Å². The largest absolute Gasteiger partial charge is 0.495 e. The Bertz CT molecular complexity index is 508. The first-order valence-electron chi connectivity index (χ1n) is 6.32. The lowest BCUT2D eigenvalue weighted by Crippen LogP contribution is -2.22. The van der Waals surface area contributed by atoms with Gasteiger partial charge in [0.05, 0.1) is 13.3 Å². The Balaban J connectivity index is 2.12. The van der Waals surface area contributed by atoms with Gasteiger partial charge in [-0.05, 0) is 36.8 Å². The Morgan fingerprint density at radius 1 is 1.16 bits per heavy atom. The van der Waals surface area contributed by atoms with Crippen LogP contribution in [-0.2, 0) is 6.54 Å². The number of pyridine rings is 1. The van der Waals surface area contributed by atoms with Crippen LogP contribution in [0.5, 0.6) is 5.75 Å². The highest BCUT2D eigenvalue weighted by molar-refractivity contribution is 5.44. The summed E-state index contributed by atoms with van der Waals surface area (Å²) in [5.74, 6) is 1.72. The van der Waals surface area contributed by atoms with Gasteiger partial charge in [-0.1, -0.05) is 12.1 Å². The van der Waals surface area contributed by atoms with E-state index in [-0.39, 0.29) is 0 Å². The molecule has 2 aromatic rings. The quantitative estimate of drug-likeness (QED) is 0.837. The van der Waals surface area contributed by atoms with Crippen molar-refractivity contribution < 1.29 is 4.74 Å². The third-order valence-corrected chi connectivity index (χ3v) is 3.02. The van der Waals surface area contributed by atoms with E-state index in [9.17, 15) is 0 Å². The molecule has 0 spiro atoms. The lowest BCUT2D eigenvalue weighted by molar-refractivity contribution is 0.413. The maximum atomic E-state index is 5.69. The molecular formula is C15H19N3O. The van der Waals surface area contributed by atoms with Gasteiger partial charge < -0.3 is 15.4 Å². The molecule has 0 unspecified atom stereocenters. The van der Waals surface area contributed by atoms with Crippen LogP contribution in [0.3, 0.4) is 0 Å². The van der Waals surface area contributed by atoms with Crippen LogP contribution in [0.1, 0.15) is 12.5 Å². The third kappa shape index (κ3) is 3.37. The number of hydrogen-bond acceptors (Lipinski definition) is 4. The molecule has 0 saturated heterocycles. The van der Waals surface area contributed by atoms with E-state index in [0.29, 0.717) is 0 Å². The van der Waals surface area contributed by atoms with Crippen LogP contribution in [0.2, 0.25) is 0 Å². The van der Waals surface area contributed by atoms with Crippen LogP contribution in [0, 0.1) is 0 Å². The molecule has 0 bridgehead atoms. The molecule has 0 amide bonds. The zero-order chi connectivity index (χ0) is 13.7. The molecule has 0 atom stereocenters. The summed E-state index contributed by atoms with van der Waals surface area (Å²) in [6.07, 6.45) is 1.74. The number of ether oxygens (including phenoxy) is 1. The average molecular weight is 257 g/mol. The molecule has 4 nitrogen and oxygen atoms in total. The Labute approximate surface area is 113 Å². The summed E-state index contributed by atoms with van der Waals surface area (Å²) in [7, 11) is 1.64. The molecule has 2 rings (SSSR count). The summed E-state index contributed by atoms with van der Waals surface area (Å²) in [5, 5.41) is 0. The van der Waals surface area contributed by atoms with E-state index in [4.69, 9.17) is 10.5 Å². The van der Waals surface area contributed by atoms with Gasteiger partial charge in [-0.3, -0.25) is 0 Å². The van der Waals surface area contributed by atoms with E-state index >= 15 is 0 Å². The standard InChI is InChI=1S/C15H19N3O/c1-3-18(11-12-4-6-13(16)7-5-12)15-9-8-14(19-2)10-17-15/h4-10H,3,11,16H2,1-2H3. The lowest BCUT2D eigenvalue weighted by atomic mass is 10.2. The SMILES string of the molecule is CCN(Cc1ccc(N)cc1)c1ccc(OC)cn1. The molecule has 19 heavy (non-hydrogen) atoms. The fourth-order valence-corrected chi connectivity index (χ4v) is 1.88. The maximum absolute atomic E-state index is 5.69. The molecule has 0 fully saturated rings. The van der Waals surface area contributed by atoms with Crippen molar-refractivity contribution in [2.24, 2.45) is 0 Å². The minimum atomic E-state index is 0.771. The van der Waals surface area contributed by atoms with Crippen molar-refractivity contribution in [3.63, 3.8) is 0 Å². The number of nitrogens with zero attached hydrogens (tertiary/aromatic N) is 2. The Morgan fingerprint density at radius 2 is 1.89 bits per heavy atom. The zero-order valence-electron chi connectivity index (χ0n) is 11.3. The predicted molar refractivity (Wildman–Crippen MR) is 78.4 cm³/mol. The van der Waals surface area contributed by atoms with Gasteiger partial charge in [0, 0.05) is 18.8 Å². The molecule has 0 saturated carbocycles. The fourth-order valence-electron chi connectivity index (χ4n) is 1.88. The number of benzene rings is 1. The van der Waals surface area contributed by atoms with Gasteiger partial charge in [-0.2, -0.15) is 0 Å². The van der Waals surface area contributed by atoms with Crippen LogP contribution >= 0.6 is 0 Å². The second-order valence-electron chi connectivity index (χ2n) is 4.31. The summed E-state index contributed by atoms with van der Waals surface area (Å²) in [6, 6.07) is 11.8. The number of nitrogens with two attached hydrogens (primary N) is 1. The molecule has 0 aliphatic heterocycles. The van der Waals surface area contributed by atoms with E-state index in [1.165, 1.54) is 5.56 Å². The monoisotopic (exact) mass is 257 g/mol. The first-order chi connectivity index (χ1) is 9.22. The van der Waals surface area contributed by atoms with E-state index in [2.05, 4.69) is 16.8 Å². The van der Waals surface area contributed by atoms with Gasteiger partial charge >= 0.3 is 0 Å². The van der Waals surface area contributed by atoms with Crippen LogP contribution < -0.4 is 15.4 Å². The van der Waals surface area contributed by atoms with E-state index < -0.39 is 0 Å². The molecule has 0 aliphatic rings. The van der Waals surface area contributed by atoms with E-state index in [1.807, 2.05) is 36.4 Å². The van der Waals surface area contributed by atoms with E-state index in [1.54, 1.807) is 13.3 Å². The lowest BCUT2D eigenvalue weighted by Gasteiger charge is -2.22. The van der Waals surface area contributed by atoms with Crippen LogP contribution in [0.15, 0.2) is 42.6 Å². The summed E-state index contributed by atoms with van der Waals surface area (Å²) in [4.78, 5) is 6.61. The Morgan fingerprint density at radius 3 is 2.42 bits per heavy atom. The molecule has 1 heterocycles. The van der Waals surface area contributed by atoms with Crippen LogP contribution in [0.25, 0.3) is 0 Å². The maximum Gasteiger partial charge on any atom is 0.137 e. The van der Waals surface area contributed by atoms with Gasteiger partial charge in [0.15, 0.2) is 0 Å². The molecule has 1 aromatic heterocycles. The minimum absolute atomic E-state index is 0.771. The van der Waals surface area contributed by atoms with Crippen LogP contribution in [-0.4, -0.2) is 18.6 Å². The van der Waals surface area contributed by atoms with Gasteiger partial charge in [0.1, 0.15) is 11.6 Å². The van der Waals surface area contributed by atoms with Gasteiger partial charge in [0.25, 0.3) is 0 Å². The minimum Gasteiger partial charge on any atom is -0.495 e. The van der Waals surface area contributed by atoms with Gasteiger partial charge in [-0.25, -0.2) is 4.98 Å². The van der Waals surface area contributed by atoms with Crippen molar-refractivity contribution in [2.45, 2.75) is 13.5 Å². The Hall–Kier alpha value is -2.23. The number of rotatable bonds is 5. The summed E-state index contributed by atoms with van der Waals surface area (Å²) in [5.41, 5.74) is 7.70. The number of anilines is 2. The number of methoxy groups -OCH3 is 1. The fraction of sp³-hybridized carbons (Fsp3) is 0.267. The highest BCUT2D eigenvalue weighted by Gasteiger charge is 2.06. The molecule has 1 aromatic carbocycles. The average Bonchev–Trinajstić information content (AvgIpc) is 2.47. The second-order valence-corrected chi connectivity index (χ2v) is 4.31. The van der Waals surface area contributed by atoms with Crippen molar-refractivity contribution in [1.29, 1.82) is 0 Å². The third-order valence-electron chi connectivity index (χ3n) is 3.02. The van der Waals surface area contributed by atoms with Gasteiger partial charge in [-0.15, -0.1) is 0 Å². The molecule has 0 aliphatic carbocycles. The summed E-state index contributed by atoms with van der Waals surface area (Å²) >= 11 is 0. The number of aromatic nitrogens is 1. The number of hydrogen-bond donors (Lipinski definition) is 1. The first kappa shape index (κ1) is 13.2. The molecular weight excluding hydrogens is 238 g/mol. The molecule has 2 N–H and O–H groups in total. The molecule has 4 heteroatoms. The highest BCUT2D eigenvalue weighted by atomic mass is 16.5. The summed E-state index contributed by atoms with van der Waals surface area (Å²) in [6.45, 7) is 3.82. The first-order valence-corrected chi connectivity index (χ1v) is 6.32. The smallest absolute Gasteiger partial charge is 0.137 e. The topological polar surface area (TPSA) is 51.4 Å². The van der Waals surface area contributed by atoms with Crippen molar-refractivity contribution >= 4 is 11.5 Å². The van der Waals surface area contributed by atoms with Crippen molar-refractivity contribution in [2.75, 3.05) is 24.3 Å². The van der Waals surface area contributed by atoms with Crippen molar-refractivity contribution in [1.82, 2.24) is 4.98 Å². The molecule has 0 radical (unpaired) electrons. The van der Waals surface area contributed by atoms with E-state index in [0.717, 1.165) is 30.3 Å². The predicted octanol–water partition coefficient (Wildman–Crippen LogP) is 2.70. The normalized spacial score (nSPS) is 10.2. The number of nitrogen functional groups attached to an aromatic ring is 1. The second kappa shape index (κ2) is 6.09. The highest BCUT2D eigenvalue weighted by Crippen LogP contribution is 2.18. The van der Waals surface area contributed by atoms with Crippen molar-refractivity contribution in [3.8, 4) is 5.75 Å². The zero-order valence-corrected chi connectivity index (χ0v) is 11.3. The molecule has 100 valence electrons. The Kier molecular flexibility index (Phi) is 4.23. The summed E-state index contributed by atoms with van der Waals surface area (Å²) < 4.78 is 5.12. The van der Waals surface area contributed by atoms with Gasteiger partial charge in [0.2, 0.25) is 0 Å².